The molecule has 1 heterocycles. The number of benzene rings is 1. The van der Waals surface area contributed by atoms with Crippen molar-refractivity contribution in [2.75, 3.05) is 0 Å². The Morgan fingerprint density at radius 2 is 2.00 bits per heavy atom. The molecule has 3 unspecified atom stereocenters. The molecule has 19 heavy (non-hydrogen) atoms. The van der Waals surface area contributed by atoms with Crippen molar-refractivity contribution >= 4 is 5.97 Å². The first-order valence-corrected chi connectivity index (χ1v) is 7.10. The summed E-state index contributed by atoms with van der Waals surface area (Å²) in [4.78, 5) is 13.7. The second-order valence-corrected chi connectivity index (χ2v) is 5.63. The highest BCUT2D eigenvalue weighted by molar-refractivity contribution is 5.74. The van der Waals surface area contributed by atoms with E-state index >= 15 is 0 Å². The van der Waals surface area contributed by atoms with Crippen LogP contribution >= 0.6 is 0 Å². The lowest BCUT2D eigenvalue weighted by Crippen LogP contribution is -2.51. The van der Waals surface area contributed by atoms with Gasteiger partial charge in [0.25, 0.3) is 0 Å². The summed E-state index contributed by atoms with van der Waals surface area (Å²) in [7, 11) is 0. The molecule has 1 aromatic carbocycles. The van der Waals surface area contributed by atoms with Crippen molar-refractivity contribution in [2.45, 2.75) is 52.2 Å². The number of aliphatic carboxylic acids is 1. The maximum Gasteiger partial charge on any atom is 0.321 e. The highest BCUT2D eigenvalue weighted by Gasteiger charge is 2.35. The van der Waals surface area contributed by atoms with Crippen molar-refractivity contribution in [2.24, 2.45) is 5.92 Å². The number of fused-ring (bicyclic) bond motifs is 1. The van der Waals surface area contributed by atoms with Crippen molar-refractivity contribution in [3.05, 3.63) is 35.4 Å². The Bertz CT molecular complexity index is 458. The molecule has 3 heteroatoms. The van der Waals surface area contributed by atoms with E-state index in [1.807, 2.05) is 12.1 Å². The number of hydrogen-bond donors (Lipinski definition) is 1. The van der Waals surface area contributed by atoms with Gasteiger partial charge in [0.1, 0.15) is 6.04 Å². The second kappa shape index (κ2) is 5.74. The van der Waals surface area contributed by atoms with E-state index < -0.39 is 5.97 Å². The third-order valence-corrected chi connectivity index (χ3v) is 4.56. The molecule has 0 aromatic heterocycles. The number of hydrogen-bond acceptors (Lipinski definition) is 2. The summed E-state index contributed by atoms with van der Waals surface area (Å²) < 4.78 is 0. The summed E-state index contributed by atoms with van der Waals surface area (Å²) in [5.74, 6) is -0.197. The van der Waals surface area contributed by atoms with Gasteiger partial charge in [-0.25, -0.2) is 0 Å². The monoisotopic (exact) mass is 261 g/mol. The molecule has 1 aliphatic rings. The van der Waals surface area contributed by atoms with Crippen LogP contribution in [0.2, 0.25) is 0 Å². The Balaban J connectivity index is 2.29. The van der Waals surface area contributed by atoms with Crippen molar-refractivity contribution in [1.29, 1.82) is 0 Å². The van der Waals surface area contributed by atoms with Gasteiger partial charge in [-0.3, -0.25) is 9.69 Å². The van der Waals surface area contributed by atoms with Crippen molar-refractivity contribution in [3.8, 4) is 0 Å². The molecule has 2 rings (SSSR count). The van der Waals surface area contributed by atoms with E-state index in [0.29, 0.717) is 18.4 Å². The zero-order chi connectivity index (χ0) is 14.0. The van der Waals surface area contributed by atoms with Gasteiger partial charge in [0.2, 0.25) is 0 Å². The molecule has 0 spiro atoms. The second-order valence-electron chi connectivity index (χ2n) is 5.63. The number of rotatable bonds is 4. The summed E-state index contributed by atoms with van der Waals surface area (Å²) in [6.45, 7) is 7.26. The van der Waals surface area contributed by atoms with E-state index in [0.717, 1.165) is 13.0 Å². The van der Waals surface area contributed by atoms with Crippen LogP contribution < -0.4 is 0 Å². The topological polar surface area (TPSA) is 40.5 Å². The molecule has 0 saturated carbocycles. The lowest BCUT2D eigenvalue weighted by atomic mass is 9.89. The minimum Gasteiger partial charge on any atom is -0.480 e. The van der Waals surface area contributed by atoms with Crippen LogP contribution in [0.25, 0.3) is 0 Å². The summed E-state index contributed by atoms with van der Waals surface area (Å²) in [6.07, 6.45) is 1.69. The Hall–Kier alpha value is -1.35. The fourth-order valence-corrected chi connectivity index (χ4v) is 2.87. The van der Waals surface area contributed by atoms with Crippen LogP contribution in [0.5, 0.6) is 0 Å². The SMILES string of the molecule is CCC(C)C(C)N1Cc2ccccc2CC1C(=O)O. The summed E-state index contributed by atoms with van der Waals surface area (Å²) in [5, 5.41) is 9.50. The molecule has 0 fully saturated rings. The van der Waals surface area contributed by atoms with Gasteiger partial charge in [-0.2, -0.15) is 0 Å². The van der Waals surface area contributed by atoms with Gasteiger partial charge in [0.15, 0.2) is 0 Å². The van der Waals surface area contributed by atoms with Crippen LogP contribution in [0.3, 0.4) is 0 Å². The Morgan fingerprint density at radius 3 is 2.58 bits per heavy atom. The number of carboxylic acids is 1. The standard InChI is InChI=1S/C16H23NO2/c1-4-11(2)12(3)17-10-14-8-6-5-7-13(14)9-15(17)16(18)19/h5-8,11-12,15H,4,9-10H2,1-3H3,(H,18,19). The van der Waals surface area contributed by atoms with Gasteiger partial charge in [-0.1, -0.05) is 44.5 Å². The summed E-state index contributed by atoms with van der Waals surface area (Å²) >= 11 is 0. The maximum atomic E-state index is 11.5. The van der Waals surface area contributed by atoms with Crippen LogP contribution in [0.1, 0.15) is 38.3 Å². The van der Waals surface area contributed by atoms with E-state index in [2.05, 4.69) is 37.8 Å². The van der Waals surface area contributed by atoms with Crippen molar-refractivity contribution in [1.82, 2.24) is 4.90 Å². The first-order chi connectivity index (χ1) is 9.04. The molecule has 0 radical (unpaired) electrons. The number of carboxylic acid groups (broad SMARTS) is 1. The van der Waals surface area contributed by atoms with Crippen molar-refractivity contribution < 1.29 is 9.90 Å². The first kappa shape index (κ1) is 14.1. The molecular weight excluding hydrogens is 238 g/mol. The number of nitrogens with zero attached hydrogens (tertiary/aromatic N) is 1. The predicted molar refractivity (Wildman–Crippen MR) is 76.0 cm³/mol. The average Bonchev–Trinajstić information content (AvgIpc) is 2.44. The largest absolute Gasteiger partial charge is 0.480 e. The zero-order valence-electron chi connectivity index (χ0n) is 12.0. The van der Waals surface area contributed by atoms with Crippen LogP contribution in [0, 0.1) is 5.92 Å². The molecule has 3 nitrogen and oxygen atoms in total. The molecule has 0 amide bonds. The van der Waals surface area contributed by atoms with Gasteiger partial charge in [-0.05, 0) is 30.4 Å². The Labute approximate surface area is 115 Å². The fraction of sp³-hybridized carbons (Fsp3) is 0.562. The van der Waals surface area contributed by atoms with E-state index in [-0.39, 0.29) is 6.04 Å². The average molecular weight is 261 g/mol. The van der Waals surface area contributed by atoms with Gasteiger partial charge in [0.05, 0.1) is 0 Å². The third-order valence-electron chi connectivity index (χ3n) is 4.56. The molecule has 1 N–H and O–H groups in total. The molecule has 1 aliphatic heterocycles. The normalized spacial score (nSPS) is 22.6. The molecule has 3 atom stereocenters. The molecular formula is C16H23NO2. The van der Waals surface area contributed by atoms with Crippen LogP contribution in [-0.4, -0.2) is 28.1 Å². The van der Waals surface area contributed by atoms with E-state index in [4.69, 9.17) is 0 Å². The minimum absolute atomic E-state index is 0.291. The Kier molecular flexibility index (Phi) is 4.25. The van der Waals surface area contributed by atoms with Crippen molar-refractivity contribution in [3.63, 3.8) is 0 Å². The zero-order valence-corrected chi connectivity index (χ0v) is 12.0. The van der Waals surface area contributed by atoms with Gasteiger partial charge >= 0.3 is 5.97 Å². The molecule has 0 bridgehead atoms. The molecule has 0 saturated heterocycles. The fourth-order valence-electron chi connectivity index (χ4n) is 2.87. The summed E-state index contributed by atoms with van der Waals surface area (Å²) in [6, 6.07) is 8.09. The third kappa shape index (κ3) is 2.81. The van der Waals surface area contributed by atoms with E-state index in [9.17, 15) is 9.90 Å². The van der Waals surface area contributed by atoms with Gasteiger partial charge in [0, 0.05) is 12.6 Å². The first-order valence-electron chi connectivity index (χ1n) is 7.10. The van der Waals surface area contributed by atoms with Crippen LogP contribution in [0.15, 0.2) is 24.3 Å². The lowest BCUT2D eigenvalue weighted by Gasteiger charge is -2.40. The Morgan fingerprint density at radius 1 is 1.37 bits per heavy atom. The predicted octanol–water partition coefficient (Wildman–Crippen LogP) is 2.93. The van der Waals surface area contributed by atoms with Crippen LogP contribution in [0.4, 0.5) is 0 Å². The molecule has 0 aliphatic carbocycles. The van der Waals surface area contributed by atoms with Crippen LogP contribution in [-0.2, 0) is 17.8 Å². The maximum absolute atomic E-state index is 11.5. The molecule has 104 valence electrons. The van der Waals surface area contributed by atoms with E-state index in [1.165, 1.54) is 11.1 Å². The van der Waals surface area contributed by atoms with E-state index in [1.54, 1.807) is 0 Å². The quantitative estimate of drug-likeness (QED) is 0.906. The van der Waals surface area contributed by atoms with Gasteiger partial charge < -0.3 is 5.11 Å². The van der Waals surface area contributed by atoms with Gasteiger partial charge in [-0.15, -0.1) is 0 Å². The highest BCUT2D eigenvalue weighted by atomic mass is 16.4. The number of carbonyl (C=O) groups is 1. The smallest absolute Gasteiger partial charge is 0.321 e. The minimum atomic E-state index is -0.704. The highest BCUT2D eigenvalue weighted by Crippen LogP contribution is 2.28. The molecule has 1 aromatic rings. The summed E-state index contributed by atoms with van der Waals surface area (Å²) in [5.41, 5.74) is 2.46. The lowest BCUT2D eigenvalue weighted by molar-refractivity contribution is -0.145.